The molecule has 0 aromatic carbocycles. The van der Waals surface area contributed by atoms with Crippen LogP contribution in [0, 0.1) is 15.0 Å². The molecule has 0 unspecified atom stereocenters. The Hall–Kier alpha value is -1.69. The van der Waals surface area contributed by atoms with Crippen LogP contribution in [0.1, 0.15) is 28.5 Å². The van der Waals surface area contributed by atoms with E-state index in [0.29, 0.717) is 21.4 Å². The monoisotopic (exact) mass is 355 g/mol. The fourth-order valence-electron chi connectivity index (χ4n) is 1.59. The number of carbonyl (C=O) groups is 1. The SMILES string of the molecule is CCn1cc(C(=O)c2cn(C)nc2I)c(C#N)n1. The molecule has 0 aliphatic rings. The van der Waals surface area contributed by atoms with Crippen molar-refractivity contribution in [2.24, 2.45) is 7.05 Å². The number of nitriles is 1. The van der Waals surface area contributed by atoms with Crippen LogP contribution < -0.4 is 0 Å². The van der Waals surface area contributed by atoms with E-state index in [1.165, 1.54) is 0 Å². The zero-order chi connectivity index (χ0) is 13.3. The Kier molecular flexibility index (Phi) is 3.47. The van der Waals surface area contributed by atoms with Gasteiger partial charge in [0.2, 0.25) is 5.78 Å². The summed E-state index contributed by atoms with van der Waals surface area (Å²) in [6, 6.07) is 1.94. The van der Waals surface area contributed by atoms with Gasteiger partial charge < -0.3 is 0 Å². The maximum Gasteiger partial charge on any atom is 0.201 e. The molecule has 0 saturated heterocycles. The smallest absolute Gasteiger partial charge is 0.201 e. The lowest BCUT2D eigenvalue weighted by molar-refractivity contribution is 0.103. The normalized spacial score (nSPS) is 10.3. The van der Waals surface area contributed by atoms with Gasteiger partial charge in [-0.1, -0.05) is 0 Å². The van der Waals surface area contributed by atoms with Gasteiger partial charge in [0, 0.05) is 26.0 Å². The maximum absolute atomic E-state index is 12.3. The van der Waals surface area contributed by atoms with Crippen molar-refractivity contribution in [1.82, 2.24) is 19.6 Å². The predicted octanol–water partition coefficient (Wildman–Crippen LogP) is 1.34. The number of nitrogens with zero attached hydrogens (tertiary/aromatic N) is 5. The summed E-state index contributed by atoms with van der Waals surface area (Å²) in [6.45, 7) is 2.52. The van der Waals surface area contributed by atoms with Gasteiger partial charge in [-0.2, -0.15) is 15.5 Å². The average Bonchev–Trinajstić information content (AvgIpc) is 2.91. The summed E-state index contributed by atoms with van der Waals surface area (Å²) < 4.78 is 3.77. The van der Waals surface area contributed by atoms with Gasteiger partial charge >= 0.3 is 0 Å². The summed E-state index contributed by atoms with van der Waals surface area (Å²) in [4.78, 5) is 12.3. The Labute approximate surface area is 117 Å². The third-order valence-electron chi connectivity index (χ3n) is 2.46. The van der Waals surface area contributed by atoms with Crippen molar-refractivity contribution in [3.63, 3.8) is 0 Å². The molecule has 18 heavy (non-hydrogen) atoms. The van der Waals surface area contributed by atoms with Crippen LogP contribution in [0.15, 0.2) is 12.4 Å². The van der Waals surface area contributed by atoms with Gasteiger partial charge in [-0.15, -0.1) is 0 Å². The predicted molar refractivity (Wildman–Crippen MR) is 72.0 cm³/mol. The number of hydrogen-bond acceptors (Lipinski definition) is 4. The van der Waals surface area contributed by atoms with E-state index in [2.05, 4.69) is 10.2 Å². The summed E-state index contributed by atoms with van der Waals surface area (Å²) >= 11 is 2.00. The number of hydrogen-bond donors (Lipinski definition) is 0. The van der Waals surface area contributed by atoms with E-state index >= 15 is 0 Å². The van der Waals surface area contributed by atoms with Gasteiger partial charge in [0.15, 0.2) is 5.69 Å². The van der Waals surface area contributed by atoms with E-state index in [1.54, 1.807) is 28.8 Å². The quantitative estimate of drug-likeness (QED) is 0.615. The highest BCUT2D eigenvalue weighted by Gasteiger charge is 2.21. The molecule has 0 aliphatic heterocycles. The summed E-state index contributed by atoms with van der Waals surface area (Å²) in [5.41, 5.74) is 0.969. The highest BCUT2D eigenvalue weighted by atomic mass is 127. The number of ketones is 1. The molecule has 2 aromatic heterocycles. The molecule has 7 heteroatoms. The third-order valence-corrected chi connectivity index (χ3v) is 3.26. The van der Waals surface area contributed by atoms with Crippen molar-refractivity contribution in [2.45, 2.75) is 13.5 Å². The molecule has 0 saturated carbocycles. The molecule has 2 rings (SSSR count). The van der Waals surface area contributed by atoms with Crippen LogP contribution in [0.25, 0.3) is 0 Å². The minimum absolute atomic E-state index is 0.154. The number of aromatic nitrogens is 4. The second kappa shape index (κ2) is 4.89. The minimum atomic E-state index is -0.219. The summed E-state index contributed by atoms with van der Waals surface area (Å²) in [7, 11) is 1.75. The Morgan fingerprint density at radius 1 is 1.44 bits per heavy atom. The molecule has 0 amide bonds. The van der Waals surface area contributed by atoms with Crippen LogP contribution in [-0.4, -0.2) is 25.3 Å². The third kappa shape index (κ3) is 2.15. The lowest BCUT2D eigenvalue weighted by atomic mass is 10.1. The molecule has 0 N–H and O–H groups in total. The lowest BCUT2D eigenvalue weighted by Crippen LogP contribution is -2.03. The van der Waals surface area contributed by atoms with Crippen LogP contribution >= 0.6 is 22.6 Å². The molecule has 0 aliphatic carbocycles. The van der Waals surface area contributed by atoms with Crippen molar-refractivity contribution in [2.75, 3.05) is 0 Å². The standard InChI is InChI=1S/C11H10IN5O/c1-3-17-6-7(9(4-13)14-17)10(18)8-5-16(2)15-11(8)12/h5-6H,3H2,1-2H3. The molecule has 0 spiro atoms. The fourth-order valence-corrected chi connectivity index (χ4v) is 2.32. The molecule has 92 valence electrons. The van der Waals surface area contributed by atoms with Crippen molar-refractivity contribution in [3.8, 4) is 6.07 Å². The molecular weight excluding hydrogens is 345 g/mol. The Morgan fingerprint density at radius 3 is 2.67 bits per heavy atom. The van der Waals surface area contributed by atoms with E-state index in [1.807, 2.05) is 35.6 Å². The van der Waals surface area contributed by atoms with E-state index < -0.39 is 0 Å². The first-order chi connectivity index (χ1) is 8.56. The molecular formula is C11H10IN5O. The first kappa shape index (κ1) is 12.8. The summed E-state index contributed by atoms with van der Waals surface area (Å²) in [6.07, 6.45) is 3.25. The molecule has 0 radical (unpaired) electrons. The zero-order valence-electron chi connectivity index (χ0n) is 9.88. The second-order valence-corrected chi connectivity index (χ2v) is 4.72. The first-order valence-corrected chi connectivity index (χ1v) is 6.36. The van der Waals surface area contributed by atoms with Crippen LogP contribution in [-0.2, 0) is 13.6 Å². The van der Waals surface area contributed by atoms with Gasteiger partial charge in [0.25, 0.3) is 0 Å². The van der Waals surface area contributed by atoms with Crippen molar-refractivity contribution >= 4 is 28.4 Å². The molecule has 2 heterocycles. The molecule has 0 bridgehead atoms. The lowest BCUT2D eigenvalue weighted by Gasteiger charge is -1.94. The van der Waals surface area contributed by atoms with E-state index in [4.69, 9.17) is 5.26 Å². The summed E-state index contributed by atoms with van der Waals surface area (Å²) in [5.74, 6) is -0.219. The average molecular weight is 355 g/mol. The van der Waals surface area contributed by atoms with Crippen molar-refractivity contribution < 1.29 is 4.79 Å². The Bertz CT molecular complexity index is 649. The van der Waals surface area contributed by atoms with Crippen LogP contribution in [0.5, 0.6) is 0 Å². The van der Waals surface area contributed by atoms with Crippen LogP contribution in [0.3, 0.4) is 0 Å². The zero-order valence-corrected chi connectivity index (χ0v) is 12.0. The van der Waals surface area contributed by atoms with Crippen LogP contribution in [0.2, 0.25) is 0 Å². The van der Waals surface area contributed by atoms with Gasteiger partial charge in [-0.25, -0.2) is 0 Å². The van der Waals surface area contributed by atoms with E-state index in [0.717, 1.165) is 0 Å². The van der Waals surface area contributed by atoms with Gasteiger partial charge in [-0.3, -0.25) is 14.2 Å². The number of rotatable bonds is 3. The van der Waals surface area contributed by atoms with E-state index in [-0.39, 0.29) is 11.5 Å². The van der Waals surface area contributed by atoms with Crippen LogP contribution in [0.4, 0.5) is 0 Å². The van der Waals surface area contributed by atoms with Gasteiger partial charge in [0.1, 0.15) is 9.77 Å². The van der Waals surface area contributed by atoms with Crippen molar-refractivity contribution in [1.29, 1.82) is 5.26 Å². The molecule has 2 aromatic rings. The number of aryl methyl sites for hydroxylation is 2. The highest BCUT2D eigenvalue weighted by Crippen LogP contribution is 2.17. The first-order valence-electron chi connectivity index (χ1n) is 5.28. The Balaban J connectivity index is 2.49. The number of carbonyl (C=O) groups excluding carboxylic acids is 1. The molecule has 6 nitrogen and oxygen atoms in total. The Morgan fingerprint density at radius 2 is 2.17 bits per heavy atom. The summed E-state index contributed by atoms with van der Waals surface area (Å²) in [5, 5.41) is 17.1. The van der Waals surface area contributed by atoms with Gasteiger partial charge in [0.05, 0.1) is 11.1 Å². The fraction of sp³-hybridized carbons (Fsp3) is 0.273. The topological polar surface area (TPSA) is 76.5 Å². The second-order valence-electron chi connectivity index (χ2n) is 3.70. The largest absolute Gasteiger partial charge is 0.288 e. The van der Waals surface area contributed by atoms with E-state index in [9.17, 15) is 4.79 Å². The maximum atomic E-state index is 12.3. The van der Waals surface area contributed by atoms with Gasteiger partial charge in [-0.05, 0) is 29.5 Å². The number of halogens is 1. The highest BCUT2D eigenvalue weighted by molar-refractivity contribution is 14.1. The molecule has 0 atom stereocenters. The molecule has 0 fully saturated rings. The van der Waals surface area contributed by atoms with Crippen molar-refractivity contribution in [3.05, 3.63) is 32.9 Å². The minimum Gasteiger partial charge on any atom is -0.288 e.